The van der Waals surface area contributed by atoms with E-state index in [0.29, 0.717) is 18.9 Å². The lowest BCUT2D eigenvalue weighted by atomic mass is 9.95. The lowest BCUT2D eigenvalue weighted by Gasteiger charge is -2.41. The Morgan fingerprint density at radius 2 is 2.08 bits per heavy atom. The molecule has 3 aliphatic rings. The van der Waals surface area contributed by atoms with E-state index in [1.165, 1.54) is 23.1 Å². The van der Waals surface area contributed by atoms with Crippen LogP contribution >= 0.6 is 0 Å². The molecule has 1 amide bonds. The maximum absolute atomic E-state index is 12.7. The van der Waals surface area contributed by atoms with Gasteiger partial charge in [0.2, 0.25) is 5.91 Å². The monoisotopic (exact) mass is 334 g/mol. The van der Waals surface area contributed by atoms with Crippen LogP contribution in [0.5, 0.6) is 0 Å². The van der Waals surface area contributed by atoms with Crippen LogP contribution in [0.3, 0.4) is 0 Å². The molecule has 2 aliphatic heterocycles. The summed E-state index contributed by atoms with van der Waals surface area (Å²) in [6, 6.07) is 4.04. The summed E-state index contributed by atoms with van der Waals surface area (Å²) in [7, 11) is 0. The normalized spacial score (nSPS) is 18.9. The molecule has 0 unspecified atom stereocenters. The zero-order valence-electron chi connectivity index (χ0n) is 14.3. The number of hydrogen-bond donors (Lipinski definition) is 0. The fourth-order valence-electron chi connectivity index (χ4n) is 4.42. The van der Waals surface area contributed by atoms with Crippen LogP contribution in [0.25, 0.3) is 0 Å². The predicted molar refractivity (Wildman–Crippen MR) is 95.1 cm³/mol. The Hall–Kier alpha value is -2.43. The largest absolute Gasteiger partial charge is 0.370 e. The van der Waals surface area contributed by atoms with Gasteiger partial charge in [0.15, 0.2) is 0 Å². The Kier molecular flexibility index (Phi) is 3.47. The van der Waals surface area contributed by atoms with Crippen LogP contribution in [-0.4, -0.2) is 33.9 Å². The van der Waals surface area contributed by atoms with Crippen molar-refractivity contribution in [3.05, 3.63) is 53.1 Å². The van der Waals surface area contributed by atoms with Crippen LogP contribution in [0.2, 0.25) is 0 Å². The molecule has 0 aromatic carbocycles. The molecule has 0 N–H and O–H groups in total. The standard InChI is InChI=1S/C20H22N4O/c25-20(7-14-10-23(11-14)16-4-2-6-21-9-16)24-12-18-17-5-1-3-15(17)8-22-19(18)13-24/h2,4,6,8-9,14H,1,3,5,7,10-13H2. The first-order chi connectivity index (χ1) is 12.3. The van der Waals surface area contributed by atoms with E-state index in [4.69, 9.17) is 0 Å². The minimum absolute atomic E-state index is 0.278. The second-order valence-electron chi connectivity index (χ2n) is 7.48. The van der Waals surface area contributed by atoms with E-state index >= 15 is 0 Å². The van der Waals surface area contributed by atoms with Crippen LogP contribution in [0.4, 0.5) is 5.69 Å². The molecule has 0 spiro atoms. The van der Waals surface area contributed by atoms with E-state index in [1.807, 2.05) is 23.4 Å². The number of nitrogens with zero attached hydrogens (tertiary/aromatic N) is 4. The highest BCUT2D eigenvalue weighted by atomic mass is 16.2. The third-order valence-electron chi connectivity index (χ3n) is 5.82. The van der Waals surface area contributed by atoms with Crippen LogP contribution in [0.1, 0.15) is 35.2 Å². The molecule has 1 saturated heterocycles. The average Bonchev–Trinajstić information content (AvgIpc) is 3.23. The van der Waals surface area contributed by atoms with Gasteiger partial charge in [0.25, 0.3) is 0 Å². The highest BCUT2D eigenvalue weighted by Gasteiger charge is 2.33. The second-order valence-corrected chi connectivity index (χ2v) is 7.48. The van der Waals surface area contributed by atoms with Gasteiger partial charge in [0, 0.05) is 44.4 Å². The average molecular weight is 334 g/mol. The first kappa shape index (κ1) is 14.9. The Bertz CT molecular complexity index is 814. The lowest BCUT2D eigenvalue weighted by molar-refractivity contribution is -0.133. The van der Waals surface area contributed by atoms with Crippen LogP contribution < -0.4 is 4.90 Å². The van der Waals surface area contributed by atoms with Gasteiger partial charge in [-0.1, -0.05) is 0 Å². The number of fused-ring (bicyclic) bond motifs is 3. The molecule has 4 heterocycles. The van der Waals surface area contributed by atoms with E-state index in [2.05, 4.69) is 20.9 Å². The lowest BCUT2D eigenvalue weighted by Crippen LogP contribution is -2.48. The summed E-state index contributed by atoms with van der Waals surface area (Å²) >= 11 is 0. The maximum atomic E-state index is 12.7. The Morgan fingerprint density at radius 3 is 2.92 bits per heavy atom. The number of aromatic nitrogens is 2. The number of pyridine rings is 2. The Morgan fingerprint density at radius 1 is 1.16 bits per heavy atom. The molecule has 0 atom stereocenters. The van der Waals surface area contributed by atoms with Gasteiger partial charge in [-0.15, -0.1) is 0 Å². The number of carbonyl (C=O) groups excluding carboxylic acids is 1. The molecule has 5 heteroatoms. The third-order valence-corrected chi connectivity index (χ3v) is 5.82. The number of aryl methyl sites for hydroxylation is 1. The molecular weight excluding hydrogens is 312 g/mol. The van der Waals surface area contributed by atoms with E-state index in [-0.39, 0.29) is 5.91 Å². The van der Waals surface area contributed by atoms with Crippen molar-refractivity contribution >= 4 is 11.6 Å². The van der Waals surface area contributed by atoms with Gasteiger partial charge in [-0.25, -0.2) is 0 Å². The second kappa shape index (κ2) is 5.83. The number of hydrogen-bond acceptors (Lipinski definition) is 4. The van der Waals surface area contributed by atoms with Crippen LogP contribution in [0, 0.1) is 5.92 Å². The summed E-state index contributed by atoms with van der Waals surface area (Å²) in [4.78, 5) is 25.8. The van der Waals surface area contributed by atoms with Crippen molar-refractivity contribution in [3.8, 4) is 0 Å². The SMILES string of the molecule is O=C(CC1CN(c2cccnc2)C1)N1Cc2ncc3c(c2C1)CCC3. The first-order valence-electron chi connectivity index (χ1n) is 9.19. The van der Waals surface area contributed by atoms with E-state index < -0.39 is 0 Å². The molecule has 25 heavy (non-hydrogen) atoms. The van der Waals surface area contributed by atoms with E-state index in [0.717, 1.165) is 43.9 Å². The first-order valence-corrected chi connectivity index (χ1v) is 9.19. The van der Waals surface area contributed by atoms with Crippen molar-refractivity contribution in [1.29, 1.82) is 0 Å². The predicted octanol–water partition coefficient (Wildman–Crippen LogP) is 2.33. The van der Waals surface area contributed by atoms with Gasteiger partial charge < -0.3 is 9.80 Å². The number of carbonyl (C=O) groups is 1. The summed E-state index contributed by atoms with van der Waals surface area (Å²) < 4.78 is 0. The van der Waals surface area contributed by atoms with Crippen molar-refractivity contribution in [2.75, 3.05) is 18.0 Å². The third kappa shape index (κ3) is 2.58. The highest BCUT2D eigenvalue weighted by molar-refractivity contribution is 5.77. The van der Waals surface area contributed by atoms with Crippen LogP contribution in [-0.2, 0) is 30.7 Å². The molecule has 0 saturated carbocycles. The van der Waals surface area contributed by atoms with Crippen molar-refractivity contribution in [1.82, 2.24) is 14.9 Å². The number of rotatable bonds is 3. The fraction of sp³-hybridized carbons (Fsp3) is 0.450. The quantitative estimate of drug-likeness (QED) is 0.864. The molecule has 5 nitrogen and oxygen atoms in total. The van der Waals surface area contributed by atoms with Gasteiger partial charge in [-0.3, -0.25) is 14.8 Å². The molecular formula is C20H22N4O. The topological polar surface area (TPSA) is 49.3 Å². The van der Waals surface area contributed by atoms with Crippen molar-refractivity contribution in [2.45, 2.75) is 38.8 Å². The van der Waals surface area contributed by atoms with E-state index in [9.17, 15) is 4.79 Å². The molecule has 5 rings (SSSR count). The molecule has 128 valence electrons. The van der Waals surface area contributed by atoms with Crippen molar-refractivity contribution < 1.29 is 4.79 Å². The highest BCUT2D eigenvalue weighted by Crippen LogP contribution is 2.33. The molecule has 0 bridgehead atoms. The number of amides is 1. The van der Waals surface area contributed by atoms with Gasteiger partial charge in [0.05, 0.1) is 24.1 Å². The van der Waals surface area contributed by atoms with Crippen LogP contribution in [0.15, 0.2) is 30.7 Å². The number of anilines is 1. The Balaban J connectivity index is 1.20. The zero-order valence-corrected chi connectivity index (χ0v) is 14.3. The van der Waals surface area contributed by atoms with Crippen molar-refractivity contribution in [2.24, 2.45) is 5.92 Å². The maximum Gasteiger partial charge on any atom is 0.223 e. The minimum Gasteiger partial charge on any atom is -0.370 e. The molecule has 1 aliphatic carbocycles. The van der Waals surface area contributed by atoms with Gasteiger partial charge in [0.1, 0.15) is 0 Å². The molecule has 2 aromatic rings. The van der Waals surface area contributed by atoms with Gasteiger partial charge >= 0.3 is 0 Å². The summed E-state index contributed by atoms with van der Waals surface area (Å²) in [6.45, 7) is 3.36. The smallest absolute Gasteiger partial charge is 0.223 e. The van der Waals surface area contributed by atoms with Gasteiger partial charge in [-0.2, -0.15) is 0 Å². The molecule has 0 radical (unpaired) electrons. The summed E-state index contributed by atoms with van der Waals surface area (Å²) in [6.07, 6.45) is 9.90. The molecule has 2 aromatic heterocycles. The van der Waals surface area contributed by atoms with Crippen molar-refractivity contribution in [3.63, 3.8) is 0 Å². The summed E-state index contributed by atoms with van der Waals surface area (Å²) in [5.41, 5.74) is 6.50. The Labute approximate surface area is 147 Å². The van der Waals surface area contributed by atoms with Gasteiger partial charge in [-0.05, 0) is 48.1 Å². The summed E-state index contributed by atoms with van der Waals surface area (Å²) in [5.74, 6) is 0.732. The summed E-state index contributed by atoms with van der Waals surface area (Å²) in [5, 5.41) is 0. The fourth-order valence-corrected chi connectivity index (χ4v) is 4.42. The molecule has 1 fully saturated rings. The minimum atomic E-state index is 0.278. The zero-order chi connectivity index (χ0) is 16.8. The van der Waals surface area contributed by atoms with E-state index in [1.54, 1.807) is 6.20 Å².